The van der Waals surface area contributed by atoms with E-state index < -0.39 is 0 Å². The summed E-state index contributed by atoms with van der Waals surface area (Å²) in [5, 5.41) is 18.5. The van der Waals surface area contributed by atoms with Crippen LogP contribution in [0.2, 0.25) is 0 Å². The largest absolute Gasteiger partial charge is 0.393 e. The second-order valence-corrected chi connectivity index (χ2v) is 7.70. The summed E-state index contributed by atoms with van der Waals surface area (Å²) in [5.74, 6) is 0.123. The molecule has 0 saturated carbocycles. The zero-order valence-electron chi connectivity index (χ0n) is 15.3. The third kappa shape index (κ3) is 3.35. The molecule has 2 fully saturated rings. The van der Waals surface area contributed by atoms with Crippen LogP contribution in [-0.2, 0) is 16.0 Å². The molecule has 26 heavy (non-hydrogen) atoms. The maximum absolute atomic E-state index is 12.8. The van der Waals surface area contributed by atoms with Crippen molar-refractivity contribution in [3.63, 3.8) is 0 Å². The Bertz CT molecular complexity index is 779. The molecule has 0 radical (unpaired) electrons. The third-order valence-electron chi connectivity index (χ3n) is 5.91. The molecule has 3 heterocycles. The zero-order valence-corrected chi connectivity index (χ0v) is 15.3. The number of aliphatic hydroxyl groups is 1. The second kappa shape index (κ2) is 7.00. The molecular weight excluding hydrogens is 330 g/mol. The Morgan fingerprint density at radius 2 is 2.15 bits per heavy atom. The van der Waals surface area contributed by atoms with Crippen LogP contribution in [0.15, 0.2) is 24.3 Å². The number of hydrogen-bond acceptors (Lipinski definition) is 4. The van der Waals surface area contributed by atoms with Crippen molar-refractivity contribution in [1.29, 1.82) is 0 Å². The Balaban J connectivity index is 1.39. The summed E-state index contributed by atoms with van der Waals surface area (Å²) < 4.78 is 6.31. The molecule has 2 aliphatic rings. The van der Waals surface area contributed by atoms with E-state index in [9.17, 15) is 9.90 Å². The maximum Gasteiger partial charge on any atom is 0.228 e. The number of aromatic nitrogens is 2. The van der Waals surface area contributed by atoms with E-state index in [-0.39, 0.29) is 23.7 Å². The van der Waals surface area contributed by atoms with Crippen molar-refractivity contribution in [2.45, 2.75) is 63.3 Å². The number of nitrogens with zero attached hydrogens (tertiary/aromatic N) is 2. The predicted molar refractivity (Wildman–Crippen MR) is 98.7 cm³/mol. The van der Waals surface area contributed by atoms with Crippen molar-refractivity contribution in [2.24, 2.45) is 0 Å². The molecule has 0 bridgehead atoms. The van der Waals surface area contributed by atoms with E-state index in [1.165, 1.54) is 0 Å². The number of rotatable bonds is 3. The highest BCUT2D eigenvalue weighted by atomic mass is 16.5. The molecule has 1 aromatic heterocycles. The number of fused-ring (bicyclic) bond motifs is 1. The molecule has 4 rings (SSSR count). The Morgan fingerprint density at radius 1 is 1.38 bits per heavy atom. The van der Waals surface area contributed by atoms with Crippen molar-refractivity contribution in [2.75, 3.05) is 13.1 Å². The van der Waals surface area contributed by atoms with Crippen LogP contribution in [0.3, 0.4) is 0 Å². The summed E-state index contributed by atoms with van der Waals surface area (Å²) >= 11 is 0. The fourth-order valence-corrected chi connectivity index (χ4v) is 4.41. The summed E-state index contributed by atoms with van der Waals surface area (Å²) in [6.07, 6.45) is 4.14. The van der Waals surface area contributed by atoms with E-state index in [0.29, 0.717) is 25.9 Å². The summed E-state index contributed by atoms with van der Waals surface area (Å²) in [5.41, 5.74) is 1.51. The minimum atomic E-state index is -0.285. The number of amides is 1. The fourth-order valence-electron chi connectivity index (χ4n) is 4.41. The average Bonchev–Trinajstić information content (AvgIpc) is 3.04. The quantitative estimate of drug-likeness (QED) is 0.884. The van der Waals surface area contributed by atoms with Crippen LogP contribution in [0.25, 0.3) is 10.9 Å². The Morgan fingerprint density at radius 3 is 2.92 bits per heavy atom. The van der Waals surface area contributed by atoms with Gasteiger partial charge >= 0.3 is 0 Å². The molecule has 2 atom stereocenters. The lowest BCUT2D eigenvalue weighted by Gasteiger charge is -2.47. The number of nitrogens with one attached hydrogen (secondary N) is 1. The van der Waals surface area contributed by atoms with Gasteiger partial charge in [-0.3, -0.25) is 9.89 Å². The molecule has 1 spiro atoms. The SMILES string of the molecule is CC[C@H]1C[C@@H](O)CC2(CCN(C(=O)Cc3[nH]nc4ccccc34)CC2)O1. The van der Waals surface area contributed by atoms with Crippen LogP contribution < -0.4 is 0 Å². The normalized spacial score (nSPS) is 25.7. The lowest BCUT2D eigenvalue weighted by Crippen LogP contribution is -2.53. The van der Waals surface area contributed by atoms with Gasteiger partial charge in [0.1, 0.15) is 0 Å². The molecule has 0 unspecified atom stereocenters. The highest BCUT2D eigenvalue weighted by molar-refractivity contribution is 5.87. The van der Waals surface area contributed by atoms with Crippen LogP contribution in [0, 0.1) is 0 Å². The molecule has 2 N–H and O–H groups in total. The van der Waals surface area contributed by atoms with Crippen LogP contribution >= 0.6 is 0 Å². The number of piperidine rings is 1. The molecule has 1 aromatic carbocycles. The first-order valence-electron chi connectivity index (χ1n) is 9.64. The molecule has 2 aliphatic heterocycles. The van der Waals surface area contributed by atoms with Gasteiger partial charge in [-0.25, -0.2) is 0 Å². The van der Waals surface area contributed by atoms with Crippen molar-refractivity contribution >= 4 is 16.8 Å². The van der Waals surface area contributed by atoms with Crippen LogP contribution in [-0.4, -0.2) is 57.0 Å². The minimum absolute atomic E-state index is 0.123. The van der Waals surface area contributed by atoms with Gasteiger partial charge in [0.2, 0.25) is 5.91 Å². The fraction of sp³-hybridized carbons (Fsp3) is 0.600. The number of H-pyrrole nitrogens is 1. The highest BCUT2D eigenvalue weighted by Crippen LogP contribution is 2.38. The number of carbonyl (C=O) groups is 1. The highest BCUT2D eigenvalue weighted by Gasteiger charge is 2.43. The second-order valence-electron chi connectivity index (χ2n) is 7.70. The van der Waals surface area contributed by atoms with Crippen molar-refractivity contribution in [1.82, 2.24) is 15.1 Å². The van der Waals surface area contributed by atoms with Gasteiger partial charge in [0.15, 0.2) is 0 Å². The van der Waals surface area contributed by atoms with Crippen LogP contribution in [0.1, 0.15) is 44.7 Å². The first kappa shape index (κ1) is 17.5. The van der Waals surface area contributed by atoms with E-state index in [0.717, 1.165) is 42.3 Å². The van der Waals surface area contributed by atoms with Gasteiger partial charge in [-0.2, -0.15) is 5.10 Å². The molecule has 2 aromatic rings. The number of likely N-dealkylation sites (tertiary alicyclic amines) is 1. The Hall–Kier alpha value is -1.92. The number of hydrogen-bond donors (Lipinski definition) is 2. The van der Waals surface area contributed by atoms with Gasteiger partial charge in [0.25, 0.3) is 0 Å². The molecule has 6 heteroatoms. The Kier molecular flexibility index (Phi) is 4.71. The summed E-state index contributed by atoms with van der Waals surface area (Å²) in [7, 11) is 0. The molecule has 1 amide bonds. The van der Waals surface area contributed by atoms with Gasteiger partial charge in [0, 0.05) is 24.9 Å². The van der Waals surface area contributed by atoms with Gasteiger partial charge in [0.05, 0.1) is 35.4 Å². The van der Waals surface area contributed by atoms with Crippen molar-refractivity contribution in [3.05, 3.63) is 30.0 Å². The van der Waals surface area contributed by atoms with Crippen molar-refractivity contribution in [3.8, 4) is 0 Å². The smallest absolute Gasteiger partial charge is 0.228 e. The van der Waals surface area contributed by atoms with Gasteiger partial charge in [-0.05, 0) is 31.7 Å². The monoisotopic (exact) mass is 357 g/mol. The predicted octanol–water partition coefficient (Wildman–Crippen LogP) is 2.42. The Labute approximate surface area is 153 Å². The van der Waals surface area contributed by atoms with Gasteiger partial charge in [-0.1, -0.05) is 25.1 Å². The topological polar surface area (TPSA) is 78.5 Å². The number of aromatic amines is 1. The maximum atomic E-state index is 12.8. The zero-order chi connectivity index (χ0) is 18.1. The molecule has 140 valence electrons. The third-order valence-corrected chi connectivity index (χ3v) is 5.91. The first-order chi connectivity index (χ1) is 12.6. The molecular formula is C20H27N3O3. The number of para-hydroxylation sites is 1. The number of aliphatic hydroxyl groups excluding tert-OH is 1. The first-order valence-corrected chi connectivity index (χ1v) is 9.64. The molecule has 2 saturated heterocycles. The molecule has 6 nitrogen and oxygen atoms in total. The minimum Gasteiger partial charge on any atom is -0.393 e. The standard InChI is InChI=1S/C20H27N3O3/c1-2-15-11-14(24)13-20(26-15)7-9-23(10-8-20)19(25)12-18-16-5-3-4-6-17(16)21-22-18/h3-6,14-15,24H,2,7-13H2,1H3,(H,21,22)/t14-,15+/m1/s1. The van der Waals surface area contributed by atoms with Gasteiger partial charge in [-0.15, -0.1) is 0 Å². The number of ether oxygens (including phenoxy) is 1. The van der Waals surface area contributed by atoms with Crippen LogP contribution in [0.5, 0.6) is 0 Å². The summed E-state index contributed by atoms with van der Waals surface area (Å²) in [6, 6.07) is 7.85. The average molecular weight is 357 g/mol. The number of carbonyl (C=O) groups excluding carboxylic acids is 1. The summed E-state index contributed by atoms with van der Waals surface area (Å²) in [4.78, 5) is 14.7. The lowest BCUT2D eigenvalue weighted by atomic mass is 9.81. The van der Waals surface area contributed by atoms with E-state index in [4.69, 9.17) is 4.74 Å². The van der Waals surface area contributed by atoms with E-state index in [1.807, 2.05) is 29.2 Å². The number of benzene rings is 1. The van der Waals surface area contributed by atoms with E-state index >= 15 is 0 Å². The molecule has 0 aliphatic carbocycles. The lowest BCUT2D eigenvalue weighted by molar-refractivity contribution is -0.183. The van der Waals surface area contributed by atoms with Crippen LogP contribution in [0.4, 0.5) is 0 Å². The van der Waals surface area contributed by atoms with E-state index in [2.05, 4.69) is 17.1 Å². The van der Waals surface area contributed by atoms with E-state index in [1.54, 1.807) is 0 Å². The summed E-state index contributed by atoms with van der Waals surface area (Å²) in [6.45, 7) is 3.48. The van der Waals surface area contributed by atoms with Crippen molar-refractivity contribution < 1.29 is 14.6 Å². The van der Waals surface area contributed by atoms with Gasteiger partial charge < -0.3 is 14.7 Å².